The molecule has 0 radical (unpaired) electrons. The predicted molar refractivity (Wildman–Crippen MR) is 116 cm³/mol. The number of allylic oxidation sites excluding steroid dienone is 1. The molecule has 2 N–H and O–H groups in total. The van der Waals surface area contributed by atoms with Gasteiger partial charge in [-0.25, -0.2) is 4.99 Å². The fourth-order valence-corrected chi connectivity index (χ4v) is 3.34. The SMILES string of the molecule is CCCCCCCc1cc(/C=C2\N=C(c3ccc[nH]3)C=C2OC)[nH]c1C.Cl. The molecule has 1 aliphatic heterocycles. The second kappa shape index (κ2) is 10.2. The van der Waals surface area contributed by atoms with Crippen molar-refractivity contribution in [3.63, 3.8) is 0 Å². The van der Waals surface area contributed by atoms with Crippen molar-refractivity contribution >= 4 is 24.2 Å². The standard InChI is InChI=1S/C22H29N3O.ClH/c1-4-5-6-7-8-10-17-13-18(24-16(17)2)14-21-22(26-3)15-20(25-21)19-11-9-12-23-19;/h9,11-15,23-24H,4-8,10H2,1-3H3;1H/b21-14-;. The van der Waals surface area contributed by atoms with Gasteiger partial charge >= 0.3 is 0 Å². The van der Waals surface area contributed by atoms with Crippen molar-refractivity contribution in [2.45, 2.75) is 52.4 Å². The van der Waals surface area contributed by atoms with Crippen LogP contribution in [0.2, 0.25) is 0 Å². The zero-order chi connectivity index (χ0) is 18.4. The Hall–Kier alpha value is -2.20. The quantitative estimate of drug-likeness (QED) is 0.512. The number of methoxy groups -OCH3 is 1. The van der Waals surface area contributed by atoms with Crippen LogP contribution in [0.4, 0.5) is 0 Å². The lowest BCUT2D eigenvalue weighted by atomic mass is 10.1. The van der Waals surface area contributed by atoms with Gasteiger partial charge in [0.2, 0.25) is 0 Å². The Morgan fingerprint density at radius 3 is 2.70 bits per heavy atom. The minimum absolute atomic E-state index is 0. The summed E-state index contributed by atoms with van der Waals surface area (Å²) in [5, 5.41) is 0. The number of nitrogens with one attached hydrogen (secondary N) is 2. The second-order valence-corrected chi connectivity index (χ2v) is 6.86. The summed E-state index contributed by atoms with van der Waals surface area (Å²) in [5.41, 5.74) is 6.49. The van der Waals surface area contributed by atoms with Crippen LogP contribution < -0.4 is 0 Å². The fourth-order valence-electron chi connectivity index (χ4n) is 3.34. The third-order valence-electron chi connectivity index (χ3n) is 4.84. The van der Waals surface area contributed by atoms with E-state index in [-0.39, 0.29) is 12.4 Å². The van der Waals surface area contributed by atoms with Crippen molar-refractivity contribution in [3.05, 3.63) is 64.6 Å². The topological polar surface area (TPSA) is 53.2 Å². The normalized spacial score (nSPS) is 14.9. The van der Waals surface area contributed by atoms with Gasteiger partial charge < -0.3 is 14.7 Å². The number of hydrogen-bond donors (Lipinski definition) is 2. The van der Waals surface area contributed by atoms with Gasteiger partial charge in [-0.1, -0.05) is 32.6 Å². The summed E-state index contributed by atoms with van der Waals surface area (Å²) in [6.07, 6.45) is 13.6. The summed E-state index contributed by atoms with van der Waals surface area (Å²) in [4.78, 5) is 11.4. The van der Waals surface area contributed by atoms with E-state index in [0.29, 0.717) is 0 Å². The summed E-state index contributed by atoms with van der Waals surface area (Å²) in [5.74, 6) is 0.794. The third-order valence-corrected chi connectivity index (χ3v) is 4.84. The van der Waals surface area contributed by atoms with Crippen LogP contribution in [-0.2, 0) is 11.2 Å². The lowest BCUT2D eigenvalue weighted by molar-refractivity contribution is 0.303. The van der Waals surface area contributed by atoms with Crippen LogP contribution in [0.25, 0.3) is 6.08 Å². The molecule has 0 saturated carbocycles. The van der Waals surface area contributed by atoms with Gasteiger partial charge in [-0.05, 0) is 49.6 Å². The van der Waals surface area contributed by atoms with Gasteiger partial charge in [0.25, 0.3) is 0 Å². The lowest BCUT2D eigenvalue weighted by Crippen LogP contribution is -1.93. The maximum absolute atomic E-state index is 5.51. The summed E-state index contributed by atoms with van der Waals surface area (Å²) in [6.45, 7) is 4.41. The van der Waals surface area contributed by atoms with Gasteiger partial charge in [0.05, 0.1) is 18.5 Å². The monoisotopic (exact) mass is 387 g/mol. The molecule has 0 unspecified atom stereocenters. The van der Waals surface area contributed by atoms with E-state index in [4.69, 9.17) is 9.73 Å². The Kier molecular flexibility index (Phi) is 7.99. The van der Waals surface area contributed by atoms with E-state index in [1.54, 1.807) is 7.11 Å². The number of unbranched alkanes of at least 4 members (excludes halogenated alkanes) is 4. The fraction of sp³-hybridized carbons (Fsp3) is 0.409. The van der Waals surface area contributed by atoms with Gasteiger partial charge in [-0.2, -0.15) is 0 Å². The molecule has 146 valence electrons. The van der Waals surface area contributed by atoms with Gasteiger partial charge in [0.1, 0.15) is 11.5 Å². The molecule has 3 heterocycles. The molecule has 0 fully saturated rings. The molecule has 0 bridgehead atoms. The average molecular weight is 388 g/mol. The van der Waals surface area contributed by atoms with Gasteiger partial charge in [0, 0.05) is 23.7 Å². The highest BCUT2D eigenvalue weighted by molar-refractivity contribution is 6.11. The van der Waals surface area contributed by atoms with Crippen molar-refractivity contribution < 1.29 is 4.74 Å². The van der Waals surface area contributed by atoms with Crippen LogP contribution in [0.15, 0.2) is 46.9 Å². The summed E-state index contributed by atoms with van der Waals surface area (Å²) in [6, 6.07) is 6.24. The highest BCUT2D eigenvalue weighted by atomic mass is 35.5. The first kappa shape index (κ1) is 21.1. The van der Waals surface area contributed by atoms with E-state index in [9.17, 15) is 0 Å². The molecule has 0 amide bonds. The first-order valence-electron chi connectivity index (χ1n) is 9.60. The van der Waals surface area contributed by atoms with Crippen LogP contribution >= 0.6 is 12.4 Å². The molecule has 0 atom stereocenters. The van der Waals surface area contributed by atoms with E-state index in [2.05, 4.69) is 36.0 Å². The van der Waals surface area contributed by atoms with Crippen molar-refractivity contribution in [3.8, 4) is 0 Å². The summed E-state index contributed by atoms with van der Waals surface area (Å²) >= 11 is 0. The smallest absolute Gasteiger partial charge is 0.146 e. The maximum atomic E-state index is 5.51. The number of rotatable bonds is 9. The molecule has 5 heteroatoms. The van der Waals surface area contributed by atoms with Crippen LogP contribution in [0.3, 0.4) is 0 Å². The van der Waals surface area contributed by atoms with Crippen molar-refractivity contribution in [1.29, 1.82) is 0 Å². The number of hydrogen-bond acceptors (Lipinski definition) is 2. The minimum Gasteiger partial charge on any atom is -0.494 e. The Labute approximate surface area is 168 Å². The molecule has 27 heavy (non-hydrogen) atoms. The zero-order valence-corrected chi connectivity index (χ0v) is 17.3. The van der Waals surface area contributed by atoms with Crippen molar-refractivity contribution in [1.82, 2.24) is 9.97 Å². The second-order valence-electron chi connectivity index (χ2n) is 6.86. The highest BCUT2D eigenvalue weighted by Gasteiger charge is 2.17. The molecule has 0 saturated heterocycles. The molecule has 1 aliphatic rings. The average Bonchev–Trinajstić information content (AvgIpc) is 3.35. The summed E-state index contributed by atoms with van der Waals surface area (Å²) in [7, 11) is 1.69. The minimum atomic E-state index is 0. The molecule has 2 aromatic heterocycles. The highest BCUT2D eigenvalue weighted by Crippen LogP contribution is 2.25. The molecule has 0 aromatic carbocycles. The summed E-state index contributed by atoms with van der Waals surface area (Å²) < 4.78 is 5.51. The van der Waals surface area contributed by atoms with Gasteiger partial charge in [-0.15, -0.1) is 12.4 Å². The number of halogens is 1. The molecule has 3 rings (SSSR count). The van der Waals surface area contributed by atoms with Gasteiger partial charge in [-0.3, -0.25) is 0 Å². The van der Waals surface area contributed by atoms with Crippen molar-refractivity contribution in [2.24, 2.45) is 4.99 Å². The van der Waals surface area contributed by atoms with E-state index in [1.807, 2.05) is 24.4 Å². The Morgan fingerprint density at radius 1 is 1.19 bits per heavy atom. The molecular formula is C22H30ClN3O. The number of ether oxygens (including phenoxy) is 1. The number of aromatic nitrogens is 2. The Bertz CT molecular complexity index is 813. The first-order valence-corrected chi connectivity index (χ1v) is 9.60. The van der Waals surface area contributed by atoms with E-state index in [1.165, 1.54) is 43.4 Å². The Balaban J connectivity index is 0.00000261. The molecule has 4 nitrogen and oxygen atoms in total. The molecule has 0 aliphatic carbocycles. The lowest BCUT2D eigenvalue weighted by Gasteiger charge is -2.00. The van der Waals surface area contributed by atoms with Crippen LogP contribution in [0, 0.1) is 6.92 Å². The van der Waals surface area contributed by atoms with Crippen LogP contribution in [0.1, 0.15) is 61.7 Å². The number of aromatic amines is 2. The largest absolute Gasteiger partial charge is 0.494 e. The number of aryl methyl sites for hydroxylation is 2. The number of H-pyrrole nitrogens is 2. The third kappa shape index (κ3) is 5.39. The number of nitrogens with zero attached hydrogens (tertiary/aromatic N) is 1. The predicted octanol–water partition coefficient (Wildman–Crippen LogP) is 5.96. The Morgan fingerprint density at radius 2 is 2.00 bits per heavy atom. The van der Waals surface area contributed by atoms with E-state index < -0.39 is 0 Å². The van der Waals surface area contributed by atoms with Crippen LogP contribution in [-0.4, -0.2) is 22.8 Å². The first-order chi connectivity index (χ1) is 12.7. The molecule has 2 aromatic rings. The molecule has 0 spiro atoms. The van der Waals surface area contributed by atoms with E-state index >= 15 is 0 Å². The van der Waals surface area contributed by atoms with Crippen LogP contribution in [0.5, 0.6) is 0 Å². The molecular weight excluding hydrogens is 358 g/mol. The zero-order valence-electron chi connectivity index (χ0n) is 16.5. The number of aliphatic imine (C=N–C) groups is 1. The van der Waals surface area contributed by atoms with Gasteiger partial charge in [0.15, 0.2) is 0 Å². The van der Waals surface area contributed by atoms with E-state index in [0.717, 1.165) is 35.0 Å². The van der Waals surface area contributed by atoms with Crippen molar-refractivity contribution in [2.75, 3.05) is 7.11 Å². The maximum Gasteiger partial charge on any atom is 0.146 e.